The zero-order valence-electron chi connectivity index (χ0n) is 14.7. The Morgan fingerprint density at radius 3 is 2.83 bits per heavy atom. The van der Waals surface area contributed by atoms with Gasteiger partial charge in [-0.1, -0.05) is 5.16 Å². The van der Waals surface area contributed by atoms with E-state index in [-0.39, 0.29) is 6.04 Å². The van der Waals surface area contributed by atoms with Crippen molar-refractivity contribution in [2.75, 3.05) is 0 Å². The molecule has 7 heteroatoms. The molecule has 2 aliphatic carbocycles. The van der Waals surface area contributed by atoms with Gasteiger partial charge in [0.25, 0.3) is 0 Å². The van der Waals surface area contributed by atoms with Crippen molar-refractivity contribution in [1.29, 1.82) is 0 Å². The van der Waals surface area contributed by atoms with Gasteiger partial charge in [0.15, 0.2) is 5.82 Å². The second kappa shape index (κ2) is 6.35. The maximum absolute atomic E-state index is 11.9. The number of aliphatic hydroxyl groups is 1. The normalized spacial score (nSPS) is 27.8. The molecule has 2 atom stereocenters. The lowest BCUT2D eigenvalue weighted by molar-refractivity contribution is -0.0149. The minimum Gasteiger partial charge on any atom is -0.444 e. The van der Waals surface area contributed by atoms with Crippen LogP contribution in [0.3, 0.4) is 0 Å². The van der Waals surface area contributed by atoms with E-state index in [4.69, 9.17) is 9.26 Å². The van der Waals surface area contributed by atoms with Crippen molar-refractivity contribution >= 4 is 6.09 Å². The summed E-state index contributed by atoms with van der Waals surface area (Å²) in [5, 5.41) is 17.7. The minimum atomic E-state index is -0.925. The van der Waals surface area contributed by atoms with E-state index >= 15 is 0 Å². The Labute approximate surface area is 142 Å². The average Bonchev–Trinajstić information content (AvgIpc) is 3.17. The molecule has 0 aromatic carbocycles. The van der Waals surface area contributed by atoms with E-state index in [1.54, 1.807) is 0 Å². The summed E-state index contributed by atoms with van der Waals surface area (Å²) in [6, 6.07) is -0.107. The zero-order valence-corrected chi connectivity index (χ0v) is 14.7. The maximum atomic E-state index is 11.9. The van der Waals surface area contributed by atoms with Crippen molar-refractivity contribution in [2.24, 2.45) is 0 Å². The van der Waals surface area contributed by atoms with Gasteiger partial charge in [0.2, 0.25) is 5.89 Å². The number of ether oxygens (including phenoxy) is 1. The van der Waals surface area contributed by atoms with Crippen molar-refractivity contribution in [3.63, 3.8) is 0 Å². The Morgan fingerprint density at radius 2 is 2.17 bits per heavy atom. The van der Waals surface area contributed by atoms with E-state index in [1.165, 1.54) is 0 Å². The Balaban J connectivity index is 1.55. The molecule has 3 rings (SSSR count). The topological polar surface area (TPSA) is 97.5 Å². The summed E-state index contributed by atoms with van der Waals surface area (Å²) in [4.78, 5) is 16.3. The van der Waals surface area contributed by atoms with Gasteiger partial charge in [-0.05, 0) is 59.3 Å². The number of carbonyl (C=O) groups excluding carboxylic acids is 1. The predicted molar refractivity (Wildman–Crippen MR) is 86.6 cm³/mol. The van der Waals surface area contributed by atoms with Crippen LogP contribution in [-0.2, 0) is 11.2 Å². The van der Waals surface area contributed by atoms with Crippen molar-refractivity contribution in [3.05, 3.63) is 11.7 Å². The highest BCUT2D eigenvalue weighted by Crippen LogP contribution is 2.38. The number of nitrogens with zero attached hydrogens (tertiary/aromatic N) is 2. The van der Waals surface area contributed by atoms with Gasteiger partial charge in [0, 0.05) is 12.0 Å². The van der Waals surface area contributed by atoms with Gasteiger partial charge in [0.1, 0.15) is 5.60 Å². The van der Waals surface area contributed by atoms with Crippen molar-refractivity contribution in [2.45, 2.75) is 88.9 Å². The van der Waals surface area contributed by atoms with Gasteiger partial charge in [-0.25, -0.2) is 4.79 Å². The number of alkyl carbamates (subject to hydrolysis) is 1. The van der Waals surface area contributed by atoms with Crippen LogP contribution >= 0.6 is 0 Å². The van der Waals surface area contributed by atoms with E-state index in [1.807, 2.05) is 20.8 Å². The van der Waals surface area contributed by atoms with Gasteiger partial charge in [-0.2, -0.15) is 4.98 Å². The van der Waals surface area contributed by atoms with E-state index in [9.17, 15) is 9.90 Å². The third kappa shape index (κ3) is 4.69. The van der Waals surface area contributed by atoms with Gasteiger partial charge in [-0.3, -0.25) is 0 Å². The molecule has 24 heavy (non-hydrogen) atoms. The van der Waals surface area contributed by atoms with Crippen molar-refractivity contribution in [3.8, 4) is 0 Å². The quantitative estimate of drug-likeness (QED) is 0.876. The highest BCUT2D eigenvalue weighted by atomic mass is 16.6. The Hall–Kier alpha value is -1.63. The van der Waals surface area contributed by atoms with Crippen LogP contribution < -0.4 is 5.32 Å². The fourth-order valence-corrected chi connectivity index (χ4v) is 3.23. The van der Waals surface area contributed by atoms with Crippen LogP contribution in [0.15, 0.2) is 4.52 Å². The highest BCUT2D eigenvalue weighted by Gasteiger charge is 2.38. The monoisotopic (exact) mass is 337 g/mol. The molecule has 0 aliphatic heterocycles. The number of amides is 1. The SMILES string of the molecule is CC(C)(C)OC(=O)N[C@@H]1CCC[C@](O)(Cc2nc(C3CC3)no2)C1. The molecule has 1 aromatic heterocycles. The summed E-state index contributed by atoms with van der Waals surface area (Å²) in [5.74, 6) is 1.68. The molecule has 2 saturated carbocycles. The van der Waals surface area contributed by atoms with Crippen molar-refractivity contribution in [1.82, 2.24) is 15.5 Å². The van der Waals surface area contributed by atoms with Crippen LogP contribution in [-0.4, -0.2) is 38.6 Å². The molecule has 2 N–H and O–H groups in total. The standard InChI is InChI=1S/C17H27N3O4/c1-16(2,3)23-15(21)18-12-5-4-8-17(22,9-12)10-13-19-14(20-24-13)11-6-7-11/h11-12,22H,4-10H2,1-3H3,(H,18,21)/t12-,17-/m1/s1. The highest BCUT2D eigenvalue weighted by molar-refractivity contribution is 5.68. The Bertz CT molecular complexity index is 591. The first-order chi connectivity index (χ1) is 11.2. The zero-order chi connectivity index (χ0) is 17.4. The smallest absolute Gasteiger partial charge is 0.407 e. The van der Waals surface area contributed by atoms with Gasteiger partial charge < -0.3 is 19.7 Å². The molecular weight excluding hydrogens is 310 g/mol. The molecule has 0 saturated heterocycles. The van der Waals surface area contributed by atoms with Crippen LogP contribution in [0.5, 0.6) is 0 Å². The fraction of sp³-hybridized carbons (Fsp3) is 0.824. The molecule has 0 bridgehead atoms. The molecule has 0 unspecified atom stereocenters. The second-order valence-corrected chi connectivity index (χ2v) is 8.16. The van der Waals surface area contributed by atoms with Crippen LogP contribution in [0, 0.1) is 0 Å². The number of rotatable bonds is 4. The number of nitrogens with one attached hydrogen (secondary N) is 1. The third-order valence-corrected chi connectivity index (χ3v) is 4.45. The second-order valence-electron chi connectivity index (χ2n) is 8.16. The van der Waals surface area contributed by atoms with E-state index in [2.05, 4.69) is 15.5 Å². The fourth-order valence-electron chi connectivity index (χ4n) is 3.23. The summed E-state index contributed by atoms with van der Waals surface area (Å²) in [6.45, 7) is 5.49. The van der Waals surface area contributed by atoms with Crippen LogP contribution in [0.25, 0.3) is 0 Å². The summed E-state index contributed by atoms with van der Waals surface area (Å²) >= 11 is 0. The minimum absolute atomic E-state index is 0.107. The average molecular weight is 337 g/mol. The lowest BCUT2D eigenvalue weighted by Crippen LogP contribution is -2.48. The molecule has 1 amide bonds. The van der Waals surface area contributed by atoms with E-state index in [0.29, 0.717) is 31.1 Å². The van der Waals surface area contributed by atoms with Gasteiger partial charge in [-0.15, -0.1) is 0 Å². The first-order valence-electron chi connectivity index (χ1n) is 8.77. The molecule has 2 aliphatic rings. The maximum Gasteiger partial charge on any atom is 0.407 e. The molecule has 134 valence electrons. The first kappa shape index (κ1) is 17.2. The lowest BCUT2D eigenvalue weighted by atomic mass is 9.79. The van der Waals surface area contributed by atoms with Crippen molar-refractivity contribution < 1.29 is 19.2 Å². The van der Waals surface area contributed by atoms with Gasteiger partial charge >= 0.3 is 6.09 Å². The lowest BCUT2D eigenvalue weighted by Gasteiger charge is -2.36. The molecule has 1 heterocycles. The molecule has 2 fully saturated rings. The van der Waals surface area contributed by atoms with Crippen LogP contribution in [0.4, 0.5) is 4.79 Å². The van der Waals surface area contributed by atoms with Crippen LogP contribution in [0.2, 0.25) is 0 Å². The molecular formula is C17H27N3O4. The predicted octanol–water partition coefficient (Wildman–Crippen LogP) is 2.69. The van der Waals surface area contributed by atoms with Gasteiger partial charge in [0.05, 0.1) is 12.0 Å². The summed E-state index contributed by atoms with van der Waals surface area (Å²) in [7, 11) is 0. The number of carbonyl (C=O) groups is 1. The number of hydrogen-bond acceptors (Lipinski definition) is 6. The summed E-state index contributed by atoms with van der Waals surface area (Å²) < 4.78 is 10.6. The molecule has 0 spiro atoms. The number of aromatic nitrogens is 2. The largest absolute Gasteiger partial charge is 0.444 e. The summed E-state index contributed by atoms with van der Waals surface area (Å²) in [5.41, 5.74) is -1.46. The van der Waals surface area contributed by atoms with E-state index < -0.39 is 17.3 Å². The molecule has 1 aromatic rings. The van der Waals surface area contributed by atoms with E-state index in [0.717, 1.165) is 31.5 Å². The Morgan fingerprint density at radius 1 is 1.42 bits per heavy atom. The molecule has 0 radical (unpaired) electrons. The third-order valence-electron chi connectivity index (χ3n) is 4.45. The molecule has 7 nitrogen and oxygen atoms in total. The van der Waals surface area contributed by atoms with Crippen LogP contribution in [0.1, 0.15) is 76.9 Å². The summed E-state index contributed by atoms with van der Waals surface area (Å²) in [6.07, 6.45) is 4.92. The first-order valence-corrected chi connectivity index (χ1v) is 8.77. The Kier molecular flexibility index (Phi) is 4.55. The number of hydrogen-bond donors (Lipinski definition) is 2.